The molecule has 2 heterocycles. The van der Waals surface area contributed by atoms with Gasteiger partial charge in [0.1, 0.15) is 5.52 Å². The van der Waals surface area contributed by atoms with Gasteiger partial charge in [-0.2, -0.15) is 0 Å². The van der Waals surface area contributed by atoms with Crippen LogP contribution >= 0.6 is 15.9 Å². The van der Waals surface area contributed by atoms with Crippen molar-refractivity contribution in [2.75, 3.05) is 5.32 Å². The predicted molar refractivity (Wildman–Crippen MR) is 97.6 cm³/mol. The molecule has 0 atom stereocenters. The van der Waals surface area contributed by atoms with Crippen LogP contribution in [0.4, 0.5) is 5.69 Å². The number of rotatable bonds is 4. The predicted octanol–water partition coefficient (Wildman–Crippen LogP) is 5.03. The Morgan fingerprint density at radius 3 is 2.64 bits per heavy atom. The van der Waals surface area contributed by atoms with Gasteiger partial charge in [-0.1, -0.05) is 30.3 Å². The van der Waals surface area contributed by atoms with Gasteiger partial charge in [-0.25, -0.2) is 4.98 Å². The van der Waals surface area contributed by atoms with Crippen molar-refractivity contribution in [3.63, 3.8) is 0 Å². The van der Waals surface area contributed by atoms with Gasteiger partial charge in [0.25, 0.3) is 5.91 Å². The number of furan rings is 1. The molecule has 0 saturated heterocycles. The van der Waals surface area contributed by atoms with Crippen LogP contribution in [0.3, 0.4) is 0 Å². The summed E-state index contributed by atoms with van der Waals surface area (Å²) in [6.45, 7) is 0. The lowest BCUT2D eigenvalue weighted by molar-refractivity contribution is 0.0995. The summed E-state index contributed by atoms with van der Waals surface area (Å²) in [5, 5.41) is 2.79. The fourth-order valence-electron chi connectivity index (χ4n) is 2.53. The van der Waals surface area contributed by atoms with Gasteiger partial charge in [-0.3, -0.25) is 4.79 Å². The van der Waals surface area contributed by atoms with Gasteiger partial charge in [0.05, 0.1) is 0 Å². The zero-order valence-corrected chi connectivity index (χ0v) is 14.6. The third-order valence-corrected chi connectivity index (χ3v) is 4.11. The second kappa shape index (κ2) is 6.57. The summed E-state index contributed by atoms with van der Waals surface area (Å²) in [5.41, 5.74) is 3.14. The Morgan fingerprint density at radius 2 is 1.88 bits per heavy atom. The number of carbonyl (C=O) groups is 1. The van der Waals surface area contributed by atoms with Crippen LogP contribution in [-0.4, -0.2) is 10.9 Å². The van der Waals surface area contributed by atoms with E-state index in [0.717, 1.165) is 5.56 Å². The molecule has 0 aliphatic heterocycles. The van der Waals surface area contributed by atoms with E-state index in [0.29, 0.717) is 33.8 Å². The molecule has 0 saturated carbocycles. The average Bonchev–Trinajstić information content (AvgIpc) is 3.21. The number of aromatic nitrogens is 1. The minimum absolute atomic E-state index is 0.233. The summed E-state index contributed by atoms with van der Waals surface area (Å²) in [5.74, 6) is 0.551. The Balaban J connectivity index is 1.55. The summed E-state index contributed by atoms with van der Waals surface area (Å²) >= 11 is 3.18. The van der Waals surface area contributed by atoms with Gasteiger partial charge >= 0.3 is 0 Å². The van der Waals surface area contributed by atoms with Gasteiger partial charge in [0, 0.05) is 12.1 Å². The highest BCUT2D eigenvalue weighted by Gasteiger charge is 2.12. The summed E-state index contributed by atoms with van der Waals surface area (Å²) < 4.78 is 11.5. The van der Waals surface area contributed by atoms with Crippen LogP contribution in [-0.2, 0) is 6.42 Å². The SMILES string of the molecule is O=C(Nc1ccc2oc(Cc3ccccc3)nc2c1)c1ccc(Br)o1. The van der Waals surface area contributed by atoms with Crippen molar-refractivity contribution in [2.24, 2.45) is 0 Å². The maximum absolute atomic E-state index is 12.1. The molecule has 124 valence electrons. The Bertz CT molecular complexity index is 1040. The second-order valence-electron chi connectivity index (χ2n) is 5.51. The average molecular weight is 397 g/mol. The van der Waals surface area contributed by atoms with Gasteiger partial charge in [-0.15, -0.1) is 0 Å². The van der Waals surface area contributed by atoms with Crippen LogP contribution in [0, 0.1) is 0 Å². The van der Waals surface area contributed by atoms with Crippen molar-refractivity contribution in [1.29, 1.82) is 0 Å². The Labute approximate surface area is 151 Å². The van der Waals surface area contributed by atoms with Crippen molar-refractivity contribution in [3.05, 3.63) is 82.5 Å². The number of fused-ring (bicyclic) bond motifs is 1. The van der Waals surface area contributed by atoms with Crippen molar-refractivity contribution in [2.45, 2.75) is 6.42 Å². The van der Waals surface area contributed by atoms with Crippen molar-refractivity contribution < 1.29 is 13.6 Å². The van der Waals surface area contributed by atoms with Crippen LogP contribution in [0.25, 0.3) is 11.1 Å². The molecule has 25 heavy (non-hydrogen) atoms. The molecule has 1 N–H and O–H groups in total. The van der Waals surface area contributed by atoms with E-state index < -0.39 is 0 Å². The highest BCUT2D eigenvalue weighted by atomic mass is 79.9. The van der Waals surface area contributed by atoms with Crippen molar-refractivity contribution in [1.82, 2.24) is 4.98 Å². The van der Waals surface area contributed by atoms with Crippen LogP contribution in [0.1, 0.15) is 22.0 Å². The number of anilines is 1. The molecule has 1 amide bonds. The fourth-order valence-corrected chi connectivity index (χ4v) is 2.83. The third-order valence-electron chi connectivity index (χ3n) is 3.68. The minimum atomic E-state index is -0.321. The molecule has 0 fully saturated rings. The highest BCUT2D eigenvalue weighted by molar-refractivity contribution is 9.10. The van der Waals surface area contributed by atoms with Crippen molar-refractivity contribution in [3.8, 4) is 0 Å². The first-order valence-corrected chi connectivity index (χ1v) is 8.47. The second-order valence-corrected chi connectivity index (χ2v) is 6.29. The largest absolute Gasteiger partial charge is 0.444 e. The standard InChI is InChI=1S/C19H13BrN2O3/c20-17-9-8-16(24-17)19(23)21-13-6-7-15-14(11-13)22-18(25-15)10-12-4-2-1-3-5-12/h1-9,11H,10H2,(H,21,23). The third kappa shape index (κ3) is 3.49. The molecule has 0 bridgehead atoms. The van der Waals surface area contributed by atoms with E-state index in [4.69, 9.17) is 8.83 Å². The van der Waals surface area contributed by atoms with Crippen LogP contribution in [0.5, 0.6) is 0 Å². The van der Waals surface area contributed by atoms with E-state index >= 15 is 0 Å². The van der Waals surface area contributed by atoms with E-state index in [1.807, 2.05) is 30.3 Å². The molecule has 2 aromatic carbocycles. The first kappa shape index (κ1) is 15.7. The lowest BCUT2D eigenvalue weighted by Crippen LogP contribution is -2.10. The molecule has 5 nitrogen and oxygen atoms in total. The summed E-state index contributed by atoms with van der Waals surface area (Å²) in [7, 11) is 0. The minimum Gasteiger partial charge on any atom is -0.444 e. The van der Waals surface area contributed by atoms with E-state index in [1.54, 1.807) is 30.3 Å². The van der Waals surface area contributed by atoms with E-state index in [2.05, 4.69) is 26.2 Å². The summed E-state index contributed by atoms with van der Waals surface area (Å²) in [6, 6.07) is 18.6. The smallest absolute Gasteiger partial charge is 0.291 e. The van der Waals surface area contributed by atoms with Crippen molar-refractivity contribution >= 4 is 38.6 Å². The van der Waals surface area contributed by atoms with Gasteiger partial charge in [0.15, 0.2) is 21.9 Å². The normalized spacial score (nSPS) is 10.9. The maximum atomic E-state index is 12.1. The zero-order valence-electron chi connectivity index (χ0n) is 13.0. The van der Waals surface area contributed by atoms with E-state index in [1.165, 1.54) is 0 Å². The first-order valence-electron chi connectivity index (χ1n) is 7.67. The quantitative estimate of drug-likeness (QED) is 0.525. The number of oxazole rings is 1. The maximum Gasteiger partial charge on any atom is 0.291 e. The number of amides is 1. The molecule has 0 radical (unpaired) electrons. The number of hydrogen-bond acceptors (Lipinski definition) is 4. The van der Waals surface area contributed by atoms with Crippen LogP contribution < -0.4 is 5.32 Å². The lowest BCUT2D eigenvalue weighted by atomic mass is 10.1. The molecule has 6 heteroatoms. The first-order chi connectivity index (χ1) is 12.2. The van der Waals surface area contributed by atoms with Gasteiger partial charge in [-0.05, 0) is 51.8 Å². The molecule has 0 unspecified atom stereocenters. The van der Waals surface area contributed by atoms with Gasteiger partial charge in [0.2, 0.25) is 0 Å². The molecule has 4 aromatic rings. The molecule has 0 aliphatic carbocycles. The molecule has 0 aliphatic rings. The summed E-state index contributed by atoms with van der Waals surface area (Å²) in [4.78, 5) is 16.6. The number of hydrogen-bond donors (Lipinski definition) is 1. The highest BCUT2D eigenvalue weighted by Crippen LogP contribution is 2.22. The Kier molecular flexibility index (Phi) is 4.11. The molecule has 2 aromatic heterocycles. The fraction of sp³-hybridized carbons (Fsp3) is 0.0526. The molecule has 0 spiro atoms. The van der Waals surface area contributed by atoms with Crippen LogP contribution in [0.15, 0.2) is 74.2 Å². The summed E-state index contributed by atoms with van der Waals surface area (Å²) in [6.07, 6.45) is 0.623. The number of halogens is 1. The molecule has 4 rings (SSSR count). The molecular formula is C19H13BrN2O3. The monoisotopic (exact) mass is 396 g/mol. The topological polar surface area (TPSA) is 68.3 Å². The van der Waals surface area contributed by atoms with Gasteiger partial charge < -0.3 is 14.2 Å². The van der Waals surface area contributed by atoms with Crippen LogP contribution in [0.2, 0.25) is 0 Å². The number of nitrogens with zero attached hydrogens (tertiary/aromatic N) is 1. The zero-order chi connectivity index (χ0) is 17.2. The number of benzene rings is 2. The van der Waals surface area contributed by atoms with E-state index in [-0.39, 0.29) is 11.7 Å². The lowest BCUT2D eigenvalue weighted by Gasteiger charge is -2.02. The number of carbonyl (C=O) groups excluding carboxylic acids is 1. The Hall–Kier alpha value is -2.86. The van der Waals surface area contributed by atoms with E-state index in [9.17, 15) is 4.79 Å². The molecular weight excluding hydrogens is 384 g/mol. The Morgan fingerprint density at radius 1 is 1.04 bits per heavy atom. The number of nitrogens with one attached hydrogen (secondary N) is 1.